The summed E-state index contributed by atoms with van der Waals surface area (Å²) in [5.41, 5.74) is 1.69. The van der Waals surface area contributed by atoms with Crippen LogP contribution in [0.5, 0.6) is 5.75 Å². The van der Waals surface area contributed by atoms with Gasteiger partial charge < -0.3 is 15.0 Å². The number of rotatable bonds is 11. The van der Waals surface area contributed by atoms with E-state index in [1.54, 1.807) is 47.4 Å². The molecule has 0 aliphatic rings. The predicted octanol–water partition coefficient (Wildman–Crippen LogP) is 6.58. The lowest BCUT2D eigenvalue weighted by Crippen LogP contribution is -2.53. The minimum absolute atomic E-state index is 0.0389. The smallest absolute Gasteiger partial charge is 0.261 e. The van der Waals surface area contributed by atoms with E-state index in [1.807, 2.05) is 44.2 Å². The summed E-state index contributed by atoms with van der Waals surface area (Å²) in [6, 6.07) is 20.7. The highest BCUT2D eigenvalue weighted by Gasteiger charge is 2.31. The van der Waals surface area contributed by atoms with E-state index in [4.69, 9.17) is 39.5 Å². The van der Waals surface area contributed by atoms with Crippen LogP contribution in [-0.2, 0) is 22.6 Å². The fourth-order valence-electron chi connectivity index (χ4n) is 3.59. The topological polar surface area (TPSA) is 58.6 Å². The second-order valence-electron chi connectivity index (χ2n) is 8.54. The Bertz CT molecular complexity index is 1160. The number of nitrogens with one attached hydrogen (secondary N) is 1. The van der Waals surface area contributed by atoms with E-state index in [0.29, 0.717) is 27.2 Å². The quantitative estimate of drug-likeness (QED) is 0.295. The van der Waals surface area contributed by atoms with Gasteiger partial charge in [0.25, 0.3) is 5.91 Å². The average Bonchev–Trinajstić information content (AvgIpc) is 2.88. The summed E-state index contributed by atoms with van der Waals surface area (Å²) in [6.45, 7) is 3.85. The molecule has 2 atom stereocenters. The summed E-state index contributed by atoms with van der Waals surface area (Å²) in [6.07, 6.45) is 1.11. The summed E-state index contributed by atoms with van der Waals surface area (Å²) >= 11 is 18.3. The average molecular weight is 548 g/mol. The molecule has 2 amide bonds. The Balaban J connectivity index is 1.92. The van der Waals surface area contributed by atoms with E-state index in [9.17, 15) is 9.59 Å². The van der Waals surface area contributed by atoms with Gasteiger partial charge in [-0.15, -0.1) is 0 Å². The Hall–Kier alpha value is -2.73. The van der Waals surface area contributed by atoms with Crippen molar-refractivity contribution in [3.05, 3.63) is 99.0 Å². The molecule has 0 aliphatic heterocycles. The molecule has 36 heavy (non-hydrogen) atoms. The molecule has 0 saturated carbocycles. The lowest BCUT2D eigenvalue weighted by atomic mass is 10.0. The third kappa shape index (κ3) is 8.16. The van der Waals surface area contributed by atoms with Crippen LogP contribution in [0, 0.1) is 0 Å². The zero-order valence-electron chi connectivity index (χ0n) is 20.2. The van der Waals surface area contributed by atoms with Crippen molar-refractivity contribution in [1.29, 1.82) is 0 Å². The van der Waals surface area contributed by atoms with Gasteiger partial charge in [-0.05, 0) is 60.9 Å². The molecule has 0 fully saturated rings. The number of benzene rings is 3. The van der Waals surface area contributed by atoms with Gasteiger partial charge in [-0.3, -0.25) is 9.59 Å². The molecule has 3 aromatic rings. The van der Waals surface area contributed by atoms with Gasteiger partial charge in [-0.1, -0.05) is 78.1 Å². The molecule has 8 heteroatoms. The Labute approximate surface area is 227 Å². The van der Waals surface area contributed by atoms with Crippen LogP contribution in [-0.4, -0.2) is 35.4 Å². The standard InChI is InChI=1S/C28H29Cl3N2O3/c1-3-19(2)32-28(35)26(16-20-7-5-4-6-8-20)33(17-21-9-14-24(30)25(31)15-21)27(34)18-36-23-12-10-22(29)11-13-23/h4-15,19,26H,3,16-18H2,1-2H3,(H,32,35)/t19-,26+/m1/s1. The molecule has 0 aromatic heterocycles. The van der Waals surface area contributed by atoms with Gasteiger partial charge in [-0.2, -0.15) is 0 Å². The number of amides is 2. The van der Waals surface area contributed by atoms with Crippen molar-refractivity contribution in [1.82, 2.24) is 10.2 Å². The molecule has 0 saturated heterocycles. The highest BCUT2D eigenvalue weighted by molar-refractivity contribution is 6.42. The Morgan fingerprint density at radius 2 is 1.61 bits per heavy atom. The Morgan fingerprint density at radius 3 is 2.25 bits per heavy atom. The molecule has 3 rings (SSSR count). The fourth-order valence-corrected chi connectivity index (χ4v) is 4.04. The van der Waals surface area contributed by atoms with Crippen molar-refractivity contribution < 1.29 is 14.3 Å². The van der Waals surface area contributed by atoms with E-state index < -0.39 is 6.04 Å². The molecule has 1 N–H and O–H groups in total. The zero-order valence-corrected chi connectivity index (χ0v) is 22.5. The van der Waals surface area contributed by atoms with Crippen LogP contribution in [0.1, 0.15) is 31.4 Å². The van der Waals surface area contributed by atoms with E-state index >= 15 is 0 Å². The first-order chi connectivity index (χ1) is 17.3. The molecule has 0 unspecified atom stereocenters. The number of nitrogens with zero attached hydrogens (tertiary/aromatic N) is 1. The van der Waals surface area contributed by atoms with Gasteiger partial charge in [0.2, 0.25) is 5.91 Å². The largest absolute Gasteiger partial charge is 0.484 e. The van der Waals surface area contributed by atoms with Gasteiger partial charge in [0.1, 0.15) is 11.8 Å². The zero-order chi connectivity index (χ0) is 26.1. The highest BCUT2D eigenvalue weighted by Crippen LogP contribution is 2.24. The van der Waals surface area contributed by atoms with Gasteiger partial charge >= 0.3 is 0 Å². The maximum absolute atomic E-state index is 13.6. The van der Waals surface area contributed by atoms with Crippen LogP contribution in [0.4, 0.5) is 0 Å². The Morgan fingerprint density at radius 1 is 0.917 bits per heavy atom. The number of hydrogen-bond acceptors (Lipinski definition) is 3. The summed E-state index contributed by atoms with van der Waals surface area (Å²) in [4.78, 5) is 28.6. The SMILES string of the molecule is CC[C@@H](C)NC(=O)[C@H](Cc1ccccc1)N(Cc1ccc(Cl)c(Cl)c1)C(=O)COc1ccc(Cl)cc1. The first kappa shape index (κ1) is 27.9. The van der Waals surface area contributed by atoms with Crippen LogP contribution >= 0.6 is 34.8 Å². The summed E-state index contributed by atoms with van der Waals surface area (Å²) in [5.74, 6) is -0.0599. The minimum atomic E-state index is -0.767. The normalized spacial score (nSPS) is 12.5. The molecular weight excluding hydrogens is 519 g/mol. The van der Waals surface area contributed by atoms with Crippen molar-refractivity contribution in [3.8, 4) is 5.75 Å². The highest BCUT2D eigenvalue weighted by atomic mass is 35.5. The van der Waals surface area contributed by atoms with E-state index in [-0.39, 0.29) is 31.0 Å². The monoisotopic (exact) mass is 546 g/mol. The molecule has 0 heterocycles. The number of carbonyl (C=O) groups is 2. The van der Waals surface area contributed by atoms with Gasteiger partial charge in [0, 0.05) is 24.0 Å². The molecule has 0 spiro atoms. The molecule has 190 valence electrons. The fraction of sp³-hybridized carbons (Fsp3) is 0.286. The number of carbonyl (C=O) groups excluding carboxylic acids is 2. The molecular formula is C28H29Cl3N2O3. The lowest BCUT2D eigenvalue weighted by Gasteiger charge is -2.32. The van der Waals surface area contributed by atoms with E-state index in [0.717, 1.165) is 17.5 Å². The third-order valence-corrected chi connectivity index (χ3v) is 6.78. The molecule has 0 radical (unpaired) electrons. The van der Waals surface area contributed by atoms with Crippen LogP contribution in [0.15, 0.2) is 72.8 Å². The Kier molecular flexibility index (Phi) is 10.5. The van der Waals surface area contributed by atoms with Gasteiger partial charge in [-0.25, -0.2) is 0 Å². The van der Waals surface area contributed by atoms with Crippen LogP contribution < -0.4 is 10.1 Å². The van der Waals surface area contributed by atoms with Crippen molar-refractivity contribution in [3.63, 3.8) is 0 Å². The predicted molar refractivity (Wildman–Crippen MR) is 146 cm³/mol. The molecule has 0 bridgehead atoms. The van der Waals surface area contributed by atoms with Crippen LogP contribution in [0.2, 0.25) is 15.1 Å². The lowest BCUT2D eigenvalue weighted by molar-refractivity contribution is -0.143. The minimum Gasteiger partial charge on any atom is -0.484 e. The van der Waals surface area contributed by atoms with Gasteiger partial charge in [0.15, 0.2) is 6.61 Å². The second kappa shape index (κ2) is 13.5. The van der Waals surface area contributed by atoms with Crippen molar-refractivity contribution in [2.75, 3.05) is 6.61 Å². The van der Waals surface area contributed by atoms with Crippen LogP contribution in [0.3, 0.4) is 0 Å². The number of ether oxygens (including phenoxy) is 1. The molecule has 5 nitrogen and oxygen atoms in total. The second-order valence-corrected chi connectivity index (χ2v) is 9.79. The third-order valence-electron chi connectivity index (χ3n) is 5.79. The summed E-state index contributed by atoms with van der Waals surface area (Å²) in [5, 5.41) is 4.40. The number of hydrogen-bond donors (Lipinski definition) is 1. The van der Waals surface area contributed by atoms with Crippen LogP contribution in [0.25, 0.3) is 0 Å². The van der Waals surface area contributed by atoms with E-state index in [1.165, 1.54) is 0 Å². The first-order valence-corrected chi connectivity index (χ1v) is 12.9. The van der Waals surface area contributed by atoms with Crippen molar-refractivity contribution in [2.24, 2.45) is 0 Å². The summed E-state index contributed by atoms with van der Waals surface area (Å²) in [7, 11) is 0. The van der Waals surface area contributed by atoms with Crippen molar-refractivity contribution in [2.45, 2.75) is 45.3 Å². The maximum Gasteiger partial charge on any atom is 0.261 e. The van der Waals surface area contributed by atoms with E-state index in [2.05, 4.69) is 5.32 Å². The van der Waals surface area contributed by atoms with Crippen molar-refractivity contribution >= 4 is 46.6 Å². The molecule has 0 aliphatic carbocycles. The first-order valence-electron chi connectivity index (χ1n) is 11.7. The van der Waals surface area contributed by atoms with Gasteiger partial charge in [0.05, 0.1) is 10.0 Å². The summed E-state index contributed by atoms with van der Waals surface area (Å²) < 4.78 is 5.74. The molecule has 3 aromatic carbocycles. The number of halogens is 3. The maximum atomic E-state index is 13.6.